The largest absolute Gasteiger partial charge is 0.424 e. The number of ether oxygens (including phenoxy) is 1. The Labute approximate surface area is 105 Å². The number of hydrogen-bond donors (Lipinski definition) is 1. The summed E-state index contributed by atoms with van der Waals surface area (Å²) in [7, 11) is 0. The predicted molar refractivity (Wildman–Crippen MR) is 66.0 cm³/mol. The van der Waals surface area contributed by atoms with Gasteiger partial charge in [-0.2, -0.15) is 0 Å². The van der Waals surface area contributed by atoms with Crippen LogP contribution in [0, 0.1) is 12.7 Å². The van der Waals surface area contributed by atoms with E-state index in [9.17, 15) is 4.39 Å². The Morgan fingerprint density at radius 3 is 2.61 bits per heavy atom. The molecule has 5 heteroatoms. The first-order valence-electron chi connectivity index (χ1n) is 5.64. The normalized spacial score (nSPS) is 10.4. The van der Waals surface area contributed by atoms with E-state index in [-0.39, 0.29) is 11.8 Å². The summed E-state index contributed by atoms with van der Waals surface area (Å²) in [6.07, 6.45) is 4.08. The van der Waals surface area contributed by atoms with E-state index in [0.717, 1.165) is 12.0 Å². The second kappa shape index (κ2) is 5.55. The van der Waals surface area contributed by atoms with E-state index >= 15 is 0 Å². The fourth-order valence-corrected chi connectivity index (χ4v) is 1.52. The van der Waals surface area contributed by atoms with Gasteiger partial charge in [0.2, 0.25) is 0 Å². The number of hydrogen-bond acceptors (Lipinski definition) is 4. The third-order valence-electron chi connectivity index (χ3n) is 2.45. The van der Waals surface area contributed by atoms with Crippen molar-refractivity contribution in [1.82, 2.24) is 9.97 Å². The summed E-state index contributed by atoms with van der Waals surface area (Å²) in [4.78, 5) is 8.15. The Kier molecular flexibility index (Phi) is 3.84. The standard InChI is InChI=1S/C13H14FN3O/c1-9-6-11(14)2-3-12(9)18-13-16-7-10(4-5-15)8-17-13/h2-3,6-8H,4-5,15H2,1H3. The summed E-state index contributed by atoms with van der Waals surface area (Å²) >= 11 is 0. The third kappa shape index (κ3) is 3.01. The summed E-state index contributed by atoms with van der Waals surface area (Å²) in [5.41, 5.74) is 7.09. The zero-order valence-electron chi connectivity index (χ0n) is 10.1. The SMILES string of the molecule is Cc1cc(F)ccc1Oc1ncc(CCN)cn1. The average Bonchev–Trinajstić information content (AvgIpc) is 2.35. The monoisotopic (exact) mass is 247 g/mol. The van der Waals surface area contributed by atoms with Crippen molar-refractivity contribution in [1.29, 1.82) is 0 Å². The molecule has 0 fully saturated rings. The lowest BCUT2D eigenvalue weighted by atomic mass is 10.2. The van der Waals surface area contributed by atoms with Crippen molar-refractivity contribution in [3.05, 3.63) is 47.5 Å². The highest BCUT2D eigenvalue weighted by Crippen LogP contribution is 2.22. The molecule has 0 spiro atoms. The van der Waals surface area contributed by atoms with Gasteiger partial charge in [0.15, 0.2) is 0 Å². The van der Waals surface area contributed by atoms with Crippen LogP contribution in [-0.2, 0) is 6.42 Å². The van der Waals surface area contributed by atoms with Crippen LogP contribution in [0.3, 0.4) is 0 Å². The van der Waals surface area contributed by atoms with Crippen molar-refractivity contribution in [2.24, 2.45) is 5.73 Å². The molecule has 0 atom stereocenters. The minimum absolute atomic E-state index is 0.241. The van der Waals surface area contributed by atoms with E-state index in [0.29, 0.717) is 17.9 Å². The molecule has 2 rings (SSSR count). The topological polar surface area (TPSA) is 61.0 Å². The molecule has 1 aromatic heterocycles. The Morgan fingerprint density at radius 1 is 1.28 bits per heavy atom. The maximum absolute atomic E-state index is 12.9. The van der Waals surface area contributed by atoms with E-state index in [1.165, 1.54) is 12.1 Å². The lowest BCUT2D eigenvalue weighted by molar-refractivity contribution is 0.436. The van der Waals surface area contributed by atoms with E-state index in [4.69, 9.17) is 10.5 Å². The zero-order valence-corrected chi connectivity index (χ0v) is 10.1. The molecule has 0 saturated carbocycles. The number of aryl methyl sites for hydroxylation is 1. The molecular weight excluding hydrogens is 233 g/mol. The van der Waals surface area contributed by atoms with Crippen molar-refractivity contribution >= 4 is 0 Å². The molecule has 0 radical (unpaired) electrons. The van der Waals surface area contributed by atoms with Gasteiger partial charge in [0.25, 0.3) is 0 Å². The molecule has 0 bridgehead atoms. The van der Waals surface area contributed by atoms with Crippen LogP contribution in [0.4, 0.5) is 4.39 Å². The molecule has 4 nitrogen and oxygen atoms in total. The number of nitrogens with two attached hydrogens (primary N) is 1. The summed E-state index contributed by atoms with van der Waals surface area (Å²) in [5, 5.41) is 0. The van der Waals surface area contributed by atoms with Gasteiger partial charge < -0.3 is 10.5 Å². The van der Waals surface area contributed by atoms with Crippen LogP contribution in [0.5, 0.6) is 11.8 Å². The maximum Gasteiger partial charge on any atom is 0.321 e. The van der Waals surface area contributed by atoms with E-state index in [1.54, 1.807) is 25.4 Å². The second-order valence-electron chi connectivity index (χ2n) is 3.92. The Bertz CT molecular complexity index is 528. The second-order valence-corrected chi connectivity index (χ2v) is 3.92. The molecule has 0 saturated heterocycles. The highest BCUT2D eigenvalue weighted by Gasteiger charge is 2.05. The number of nitrogens with zero attached hydrogens (tertiary/aromatic N) is 2. The van der Waals surface area contributed by atoms with Gasteiger partial charge in [-0.1, -0.05) is 0 Å². The highest BCUT2D eigenvalue weighted by atomic mass is 19.1. The molecule has 0 aliphatic carbocycles. The van der Waals surface area contributed by atoms with Gasteiger partial charge in [-0.25, -0.2) is 14.4 Å². The number of aromatic nitrogens is 2. The Morgan fingerprint density at radius 2 is 2.00 bits per heavy atom. The number of halogens is 1. The summed E-state index contributed by atoms with van der Waals surface area (Å²) in [6.45, 7) is 2.32. The smallest absolute Gasteiger partial charge is 0.321 e. The van der Waals surface area contributed by atoms with Crippen LogP contribution in [0.15, 0.2) is 30.6 Å². The van der Waals surface area contributed by atoms with Crippen molar-refractivity contribution < 1.29 is 9.13 Å². The first-order chi connectivity index (χ1) is 8.69. The van der Waals surface area contributed by atoms with Crippen LogP contribution in [0.25, 0.3) is 0 Å². The van der Waals surface area contributed by atoms with Crippen LogP contribution in [-0.4, -0.2) is 16.5 Å². The molecule has 18 heavy (non-hydrogen) atoms. The molecule has 1 aromatic carbocycles. The Balaban J connectivity index is 2.13. The molecular formula is C13H14FN3O. The van der Waals surface area contributed by atoms with Gasteiger partial charge in [0, 0.05) is 12.4 Å². The molecule has 0 unspecified atom stereocenters. The predicted octanol–water partition coefficient (Wildman–Crippen LogP) is 2.22. The van der Waals surface area contributed by atoms with Crippen LogP contribution >= 0.6 is 0 Å². The quantitative estimate of drug-likeness (QED) is 0.899. The van der Waals surface area contributed by atoms with E-state index < -0.39 is 0 Å². The lowest BCUT2D eigenvalue weighted by Crippen LogP contribution is -2.04. The van der Waals surface area contributed by atoms with Crippen molar-refractivity contribution in [3.8, 4) is 11.8 Å². The average molecular weight is 247 g/mol. The molecule has 94 valence electrons. The molecule has 1 heterocycles. The first kappa shape index (κ1) is 12.4. The van der Waals surface area contributed by atoms with Gasteiger partial charge in [-0.05, 0) is 49.2 Å². The summed E-state index contributed by atoms with van der Waals surface area (Å²) in [5.74, 6) is 0.252. The molecule has 2 aromatic rings. The van der Waals surface area contributed by atoms with Gasteiger partial charge in [0.1, 0.15) is 11.6 Å². The number of benzene rings is 1. The van der Waals surface area contributed by atoms with Crippen LogP contribution in [0.1, 0.15) is 11.1 Å². The van der Waals surface area contributed by atoms with E-state index in [1.807, 2.05) is 0 Å². The first-order valence-corrected chi connectivity index (χ1v) is 5.64. The van der Waals surface area contributed by atoms with Crippen molar-refractivity contribution in [3.63, 3.8) is 0 Å². The molecule has 0 aliphatic rings. The highest BCUT2D eigenvalue weighted by molar-refractivity contribution is 5.34. The van der Waals surface area contributed by atoms with Gasteiger partial charge >= 0.3 is 6.01 Å². The third-order valence-corrected chi connectivity index (χ3v) is 2.45. The Hall–Kier alpha value is -2.01. The minimum atomic E-state index is -0.293. The van der Waals surface area contributed by atoms with Gasteiger partial charge in [0.05, 0.1) is 0 Å². The molecule has 0 amide bonds. The maximum atomic E-state index is 12.9. The lowest BCUT2D eigenvalue weighted by Gasteiger charge is -2.07. The van der Waals surface area contributed by atoms with Gasteiger partial charge in [-0.15, -0.1) is 0 Å². The van der Waals surface area contributed by atoms with Crippen molar-refractivity contribution in [2.45, 2.75) is 13.3 Å². The molecule has 2 N–H and O–H groups in total. The zero-order chi connectivity index (χ0) is 13.0. The van der Waals surface area contributed by atoms with Crippen LogP contribution in [0.2, 0.25) is 0 Å². The summed E-state index contributed by atoms with van der Waals surface area (Å²) < 4.78 is 18.4. The van der Waals surface area contributed by atoms with Gasteiger partial charge in [-0.3, -0.25) is 0 Å². The van der Waals surface area contributed by atoms with Crippen molar-refractivity contribution in [2.75, 3.05) is 6.54 Å². The number of rotatable bonds is 4. The summed E-state index contributed by atoms with van der Waals surface area (Å²) in [6, 6.07) is 4.54. The van der Waals surface area contributed by atoms with E-state index in [2.05, 4.69) is 9.97 Å². The van der Waals surface area contributed by atoms with Crippen LogP contribution < -0.4 is 10.5 Å². The minimum Gasteiger partial charge on any atom is -0.424 e. The molecule has 0 aliphatic heterocycles. The fraction of sp³-hybridized carbons (Fsp3) is 0.231. The fourth-order valence-electron chi connectivity index (χ4n) is 1.52.